The summed E-state index contributed by atoms with van der Waals surface area (Å²) in [6.07, 6.45) is -1.12. The number of nitrogens with one attached hydrogen (secondary N) is 1. The molecule has 3 heterocycles. The van der Waals surface area contributed by atoms with E-state index in [1.165, 1.54) is 6.20 Å². The van der Waals surface area contributed by atoms with Crippen molar-refractivity contribution in [3.05, 3.63) is 32.6 Å². The summed E-state index contributed by atoms with van der Waals surface area (Å²) in [7, 11) is 0. The minimum atomic E-state index is -1.38. The van der Waals surface area contributed by atoms with Crippen LogP contribution in [0.3, 0.4) is 0 Å². The fourth-order valence-electron chi connectivity index (χ4n) is 2.65. The van der Waals surface area contributed by atoms with E-state index in [1.807, 2.05) is 0 Å². The van der Waals surface area contributed by atoms with Gasteiger partial charge in [-0.2, -0.15) is 0 Å². The molecule has 2 aliphatic heterocycles. The lowest BCUT2D eigenvalue weighted by Crippen LogP contribution is -2.51. The third kappa shape index (κ3) is 1.54. The second-order valence-corrected chi connectivity index (χ2v) is 4.85. The van der Waals surface area contributed by atoms with Gasteiger partial charge in [0, 0.05) is 11.8 Å². The molecule has 19 heavy (non-hydrogen) atoms. The molecule has 0 saturated carbocycles. The smallest absolute Gasteiger partial charge is 0.330 e. The topological polar surface area (TPSA) is 114 Å². The van der Waals surface area contributed by atoms with Gasteiger partial charge in [0.15, 0.2) is 0 Å². The Hall–Kier alpha value is -1.48. The van der Waals surface area contributed by atoms with Gasteiger partial charge in [-0.25, -0.2) is 4.79 Å². The molecule has 3 rings (SSSR count). The lowest BCUT2D eigenvalue weighted by molar-refractivity contribution is -0.196. The Morgan fingerprint density at radius 2 is 2.32 bits per heavy atom. The molecule has 0 radical (unpaired) electrons. The van der Waals surface area contributed by atoms with Crippen molar-refractivity contribution in [3.63, 3.8) is 0 Å². The molecular formula is C11H14N2O6. The Morgan fingerprint density at radius 3 is 2.95 bits per heavy atom. The quantitative estimate of drug-likeness (QED) is 0.554. The standard InChI is InChI=1S/C11H14N2O6/c1-5-2-13(10(17)12-9(5)16)11-4-18-7(8(11)15)6(3-14)19-11/h2,6-8,14-15H,3-4H2,1H3,(H,12,16,17)/t6-,7-,8-,11-/m1/s1. The highest BCUT2D eigenvalue weighted by atomic mass is 16.7. The average molecular weight is 270 g/mol. The van der Waals surface area contributed by atoms with Crippen molar-refractivity contribution < 1.29 is 19.7 Å². The molecule has 1 aromatic rings. The van der Waals surface area contributed by atoms with Crippen LogP contribution in [0.5, 0.6) is 0 Å². The van der Waals surface area contributed by atoms with Crippen molar-refractivity contribution in [1.82, 2.24) is 9.55 Å². The number of H-pyrrole nitrogens is 1. The van der Waals surface area contributed by atoms with E-state index in [0.717, 1.165) is 4.57 Å². The zero-order valence-corrected chi connectivity index (χ0v) is 10.2. The van der Waals surface area contributed by atoms with Crippen LogP contribution in [-0.2, 0) is 15.2 Å². The van der Waals surface area contributed by atoms with Gasteiger partial charge in [0.05, 0.1) is 13.2 Å². The molecule has 0 amide bonds. The molecule has 0 unspecified atom stereocenters. The van der Waals surface area contributed by atoms with Gasteiger partial charge in [-0.3, -0.25) is 14.3 Å². The summed E-state index contributed by atoms with van der Waals surface area (Å²) >= 11 is 0. The Bertz CT molecular complexity index is 622. The summed E-state index contributed by atoms with van der Waals surface area (Å²) in [4.78, 5) is 25.4. The van der Waals surface area contributed by atoms with Crippen molar-refractivity contribution >= 4 is 0 Å². The molecule has 2 saturated heterocycles. The van der Waals surface area contributed by atoms with Gasteiger partial charge in [-0.15, -0.1) is 0 Å². The van der Waals surface area contributed by atoms with E-state index < -0.39 is 35.3 Å². The predicted octanol–water partition coefficient (Wildman–Crippen LogP) is -2.35. The van der Waals surface area contributed by atoms with Gasteiger partial charge >= 0.3 is 5.69 Å². The zero-order chi connectivity index (χ0) is 13.8. The van der Waals surface area contributed by atoms with Crippen LogP contribution < -0.4 is 11.2 Å². The molecule has 104 valence electrons. The van der Waals surface area contributed by atoms with Gasteiger partial charge in [0.1, 0.15) is 18.3 Å². The van der Waals surface area contributed by atoms with Gasteiger partial charge in [0.25, 0.3) is 5.56 Å². The minimum absolute atomic E-state index is 0.0132. The molecule has 8 heteroatoms. The fraction of sp³-hybridized carbons (Fsp3) is 0.636. The van der Waals surface area contributed by atoms with Gasteiger partial charge in [-0.1, -0.05) is 0 Å². The maximum Gasteiger partial charge on any atom is 0.330 e. The van der Waals surface area contributed by atoms with E-state index in [9.17, 15) is 19.8 Å². The Balaban J connectivity index is 2.14. The van der Waals surface area contributed by atoms with Crippen LogP contribution in [0.15, 0.2) is 15.8 Å². The number of ether oxygens (including phenoxy) is 2. The minimum Gasteiger partial charge on any atom is -0.394 e. The number of hydrogen-bond acceptors (Lipinski definition) is 6. The van der Waals surface area contributed by atoms with Gasteiger partial charge < -0.3 is 19.7 Å². The Morgan fingerprint density at radius 1 is 1.58 bits per heavy atom. The number of hydrogen-bond donors (Lipinski definition) is 3. The highest BCUT2D eigenvalue weighted by Crippen LogP contribution is 2.42. The molecule has 0 spiro atoms. The molecule has 2 bridgehead atoms. The van der Waals surface area contributed by atoms with Crippen LogP contribution in [0.2, 0.25) is 0 Å². The monoisotopic (exact) mass is 270 g/mol. The van der Waals surface area contributed by atoms with Gasteiger partial charge in [0.2, 0.25) is 5.72 Å². The third-order valence-corrected chi connectivity index (χ3v) is 3.69. The van der Waals surface area contributed by atoms with E-state index >= 15 is 0 Å². The summed E-state index contributed by atoms with van der Waals surface area (Å²) in [5.41, 5.74) is -2.23. The summed E-state index contributed by atoms with van der Waals surface area (Å²) in [5, 5.41) is 19.4. The lowest BCUT2D eigenvalue weighted by atomic mass is 10.1. The SMILES string of the molecule is Cc1cn([C@@]23CO[C@@H]([C@H]2O)[C@@H](CO)O3)c(=O)[nH]c1=O. The molecule has 1 aromatic heterocycles. The normalized spacial score (nSPS) is 36.9. The van der Waals surface area contributed by atoms with Crippen molar-refractivity contribution in [1.29, 1.82) is 0 Å². The highest BCUT2D eigenvalue weighted by molar-refractivity contribution is 5.10. The largest absolute Gasteiger partial charge is 0.394 e. The number of aryl methyl sites for hydroxylation is 1. The first-order valence-corrected chi connectivity index (χ1v) is 5.91. The van der Waals surface area contributed by atoms with E-state index in [4.69, 9.17) is 9.47 Å². The summed E-state index contributed by atoms with van der Waals surface area (Å²) in [6, 6.07) is 0. The molecule has 2 fully saturated rings. The molecule has 2 aliphatic rings. The molecule has 4 atom stereocenters. The van der Waals surface area contributed by atoms with E-state index in [2.05, 4.69) is 4.98 Å². The maximum atomic E-state index is 11.9. The number of aliphatic hydroxyl groups excluding tert-OH is 2. The summed E-state index contributed by atoms with van der Waals surface area (Å²) in [5.74, 6) is 0. The second kappa shape index (κ2) is 4.01. The average Bonchev–Trinajstić information content (AvgIpc) is 2.85. The van der Waals surface area contributed by atoms with Crippen LogP contribution in [0, 0.1) is 6.92 Å². The Labute approximate surface area is 107 Å². The summed E-state index contributed by atoms with van der Waals surface area (Å²) in [6.45, 7) is 1.21. The van der Waals surface area contributed by atoms with Crippen molar-refractivity contribution in [2.24, 2.45) is 0 Å². The van der Waals surface area contributed by atoms with Crippen LogP contribution >= 0.6 is 0 Å². The van der Waals surface area contributed by atoms with E-state index in [-0.39, 0.29) is 13.2 Å². The predicted molar refractivity (Wildman–Crippen MR) is 61.7 cm³/mol. The van der Waals surface area contributed by atoms with Crippen molar-refractivity contribution in [3.8, 4) is 0 Å². The Kier molecular flexibility index (Phi) is 2.65. The number of rotatable bonds is 2. The van der Waals surface area contributed by atoms with Crippen molar-refractivity contribution in [2.75, 3.05) is 13.2 Å². The molecule has 0 aliphatic carbocycles. The first kappa shape index (κ1) is 12.5. The maximum absolute atomic E-state index is 11.9. The number of fused-ring (bicyclic) bond motifs is 2. The molecule has 8 nitrogen and oxygen atoms in total. The third-order valence-electron chi connectivity index (χ3n) is 3.69. The fourth-order valence-corrected chi connectivity index (χ4v) is 2.65. The van der Waals surface area contributed by atoms with Crippen LogP contribution in [0.4, 0.5) is 0 Å². The van der Waals surface area contributed by atoms with Crippen LogP contribution in [-0.4, -0.2) is 51.3 Å². The van der Waals surface area contributed by atoms with Gasteiger partial charge in [-0.05, 0) is 6.92 Å². The van der Waals surface area contributed by atoms with E-state index in [0.29, 0.717) is 5.56 Å². The highest BCUT2D eigenvalue weighted by Gasteiger charge is 2.62. The van der Waals surface area contributed by atoms with Crippen molar-refractivity contribution in [2.45, 2.75) is 31.0 Å². The molecule has 0 aromatic carbocycles. The molecule has 3 N–H and O–H groups in total. The second-order valence-electron chi connectivity index (χ2n) is 4.85. The first-order chi connectivity index (χ1) is 8.99. The number of aliphatic hydroxyl groups is 2. The van der Waals surface area contributed by atoms with Crippen LogP contribution in [0.1, 0.15) is 5.56 Å². The number of nitrogens with zero attached hydrogens (tertiary/aromatic N) is 1. The van der Waals surface area contributed by atoms with Crippen LogP contribution in [0.25, 0.3) is 0 Å². The lowest BCUT2D eigenvalue weighted by Gasteiger charge is -2.31. The molecular weight excluding hydrogens is 256 g/mol. The zero-order valence-electron chi connectivity index (χ0n) is 10.2. The first-order valence-electron chi connectivity index (χ1n) is 5.91. The summed E-state index contributed by atoms with van der Waals surface area (Å²) < 4.78 is 12.1. The number of aromatic amines is 1. The van der Waals surface area contributed by atoms with E-state index in [1.54, 1.807) is 6.92 Å². The number of aromatic nitrogens is 2.